The molecule has 2 N–H and O–H groups in total. The van der Waals surface area contributed by atoms with Crippen LogP contribution in [0.4, 0.5) is 10.5 Å². The van der Waals surface area contributed by atoms with Crippen molar-refractivity contribution in [3.63, 3.8) is 0 Å². The quantitative estimate of drug-likeness (QED) is 0.883. The molecular formula is C18H22N4O3. The maximum absolute atomic E-state index is 12.3. The number of hydrogen-bond acceptors (Lipinski definition) is 5. The zero-order valence-corrected chi connectivity index (χ0v) is 14.0. The fraction of sp³-hybridized carbons (Fsp3) is 0.444. The molecule has 0 bridgehead atoms. The number of aromatic nitrogens is 1. The average molecular weight is 342 g/mol. The zero-order valence-electron chi connectivity index (χ0n) is 14.0. The van der Waals surface area contributed by atoms with Crippen molar-refractivity contribution in [1.82, 2.24) is 15.2 Å². The molecule has 0 spiro atoms. The number of hydrogen-bond donors (Lipinski definition) is 2. The highest BCUT2D eigenvalue weighted by molar-refractivity contribution is 5.92. The number of ether oxygens (including phenoxy) is 2. The number of urea groups is 1. The molecule has 25 heavy (non-hydrogen) atoms. The van der Waals surface area contributed by atoms with E-state index in [-0.39, 0.29) is 11.6 Å². The molecule has 2 aliphatic rings. The Morgan fingerprint density at radius 3 is 2.76 bits per heavy atom. The van der Waals surface area contributed by atoms with E-state index in [9.17, 15) is 4.79 Å². The third kappa shape index (κ3) is 3.44. The molecule has 132 valence electrons. The van der Waals surface area contributed by atoms with Gasteiger partial charge in [-0.15, -0.1) is 0 Å². The molecule has 0 aliphatic carbocycles. The number of amides is 2. The minimum Gasteiger partial charge on any atom is -0.378 e. The Balaban J connectivity index is 1.39. The fourth-order valence-electron chi connectivity index (χ4n) is 3.46. The normalized spacial score (nSPS) is 20.0. The number of nitrogens with zero attached hydrogens (tertiary/aromatic N) is 2. The number of carbonyl (C=O) groups is 1. The minimum atomic E-state index is -0.268. The molecule has 2 fully saturated rings. The molecular weight excluding hydrogens is 320 g/mol. The predicted molar refractivity (Wildman–Crippen MR) is 94.7 cm³/mol. The van der Waals surface area contributed by atoms with Gasteiger partial charge in [0.1, 0.15) is 0 Å². The summed E-state index contributed by atoms with van der Waals surface area (Å²) in [6.45, 7) is 4.85. The number of nitrogens with one attached hydrogen (secondary N) is 2. The third-order valence-electron chi connectivity index (χ3n) is 4.85. The molecule has 2 amide bonds. The number of anilines is 1. The van der Waals surface area contributed by atoms with Gasteiger partial charge in [-0.3, -0.25) is 9.88 Å². The van der Waals surface area contributed by atoms with Gasteiger partial charge >= 0.3 is 6.03 Å². The molecule has 2 saturated heterocycles. The molecule has 1 aromatic heterocycles. The number of fused-ring (bicyclic) bond motifs is 2. The van der Waals surface area contributed by atoms with Crippen molar-refractivity contribution in [3.8, 4) is 0 Å². The van der Waals surface area contributed by atoms with Crippen molar-refractivity contribution in [2.24, 2.45) is 0 Å². The Labute approximate surface area is 146 Å². The SMILES string of the molecule is O=C(NCC12COCCN1CCOC2)Nc1cnc2ccccc2c1. The van der Waals surface area contributed by atoms with Gasteiger partial charge < -0.3 is 20.1 Å². The summed E-state index contributed by atoms with van der Waals surface area (Å²) in [5.41, 5.74) is 1.31. The van der Waals surface area contributed by atoms with Crippen LogP contribution in [0.2, 0.25) is 0 Å². The van der Waals surface area contributed by atoms with Crippen molar-refractivity contribution in [3.05, 3.63) is 36.5 Å². The summed E-state index contributed by atoms with van der Waals surface area (Å²) >= 11 is 0. The molecule has 2 aromatic rings. The van der Waals surface area contributed by atoms with Gasteiger partial charge in [-0.2, -0.15) is 0 Å². The smallest absolute Gasteiger partial charge is 0.319 e. The Morgan fingerprint density at radius 1 is 1.20 bits per heavy atom. The Morgan fingerprint density at radius 2 is 1.96 bits per heavy atom. The van der Waals surface area contributed by atoms with Crippen LogP contribution >= 0.6 is 0 Å². The molecule has 0 unspecified atom stereocenters. The van der Waals surface area contributed by atoms with E-state index in [1.165, 1.54) is 0 Å². The molecule has 2 aliphatic heterocycles. The highest BCUT2D eigenvalue weighted by atomic mass is 16.5. The predicted octanol–water partition coefficient (Wildman–Crippen LogP) is 1.46. The largest absolute Gasteiger partial charge is 0.378 e. The minimum absolute atomic E-state index is 0.248. The Kier molecular flexibility index (Phi) is 4.52. The molecule has 3 heterocycles. The van der Waals surface area contributed by atoms with E-state index in [1.807, 2.05) is 30.3 Å². The van der Waals surface area contributed by atoms with Crippen molar-refractivity contribution < 1.29 is 14.3 Å². The van der Waals surface area contributed by atoms with E-state index in [0.717, 1.165) is 37.2 Å². The second-order valence-corrected chi connectivity index (χ2v) is 6.54. The van der Waals surface area contributed by atoms with E-state index < -0.39 is 0 Å². The number of carbonyl (C=O) groups excluding carboxylic acids is 1. The third-order valence-corrected chi connectivity index (χ3v) is 4.85. The van der Waals surface area contributed by atoms with Crippen LogP contribution in [-0.2, 0) is 9.47 Å². The summed E-state index contributed by atoms with van der Waals surface area (Å²) in [6.07, 6.45) is 1.67. The van der Waals surface area contributed by atoms with Gasteiger partial charge in [0.25, 0.3) is 0 Å². The second kappa shape index (κ2) is 6.95. The van der Waals surface area contributed by atoms with Crippen LogP contribution in [0, 0.1) is 0 Å². The van der Waals surface area contributed by atoms with Crippen molar-refractivity contribution in [2.75, 3.05) is 51.4 Å². The van der Waals surface area contributed by atoms with Crippen LogP contribution in [0.1, 0.15) is 0 Å². The topological polar surface area (TPSA) is 75.7 Å². The van der Waals surface area contributed by atoms with Crippen LogP contribution in [0.5, 0.6) is 0 Å². The Bertz CT molecular complexity index is 755. The molecule has 0 saturated carbocycles. The molecule has 4 rings (SSSR count). The van der Waals surface area contributed by atoms with Gasteiger partial charge in [0.15, 0.2) is 0 Å². The molecule has 7 heteroatoms. The highest BCUT2D eigenvalue weighted by Gasteiger charge is 2.42. The standard InChI is InChI=1S/C18H22N4O3/c23-17(21-15-9-14-3-1-2-4-16(14)19-10-15)20-11-18-12-24-7-5-22(18)6-8-25-13-18/h1-4,9-10H,5-8,11-13H2,(H2,20,21,23). The Hall–Kier alpha value is -2.22. The van der Waals surface area contributed by atoms with Crippen LogP contribution in [0.15, 0.2) is 36.5 Å². The summed E-state index contributed by atoms with van der Waals surface area (Å²) in [7, 11) is 0. The maximum atomic E-state index is 12.3. The lowest BCUT2D eigenvalue weighted by molar-refractivity contribution is -0.139. The first kappa shape index (κ1) is 16.3. The van der Waals surface area contributed by atoms with Gasteiger partial charge in [-0.05, 0) is 12.1 Å². The van der Waals surface area contributed by atoms with Crippen molar-refractivity contribution >= 4 is 22.6 Å². The summed E-state index contributed by atoms with van der Waals surface area (Å²) < 4.78 is 11.3. The number of para-hydroxylation sites is 1. The molecule has 0 atom stereocenters. The fourth-order valence-corrected chi connectivity index (χ4v) is 3.46. The number of morpholine rings is 2. The molecule has 7 nitrogen and oxygen atoms in total. The number of pyridine rings is 1. The van der Waals surface area contributed by atoms with Gasteiger partial charge in [0.2, 0.25) is 0 Å². The summed E-state index contributed by atoms with van der Waals surface area (Å²) in [6, 6.07) is 9.48. The first-order valence-electron chi connectivity index (χ1n) is 8.55. The van der Waals surface area contributed by atoms with E-state index in [1.54, 1.807) is 6.20 Å². The summed E-state index contributed by atoms with van der Waals surface area (Å²) in [4.78, 5) is 19.0. The van der Waals surface area contributed by atoms with Gasteiger partial charge in [0.05, 0.1) is 49.4 Å². The molecule has 0 radical (unpaired) electrons. The van der Waals surface area contributed by atoms with Crippen molar-refractivity contribution in [2.45, 2.75) is 5.54 Å². The first-order chi connectivity index (χ1) is 12.3. The van der Waals surface area contributed by atoms with Crippen molar-refractivity contribution in [1.29, 1.82) is 0 Å². The highest BCUT2D eigenvalue weighted by Crippen LogP contribution is 2.23. The van der Waals surface area contributed by atoms with Gasteiger partial charge in [-0.1, -0.05) is 18.2 Å². The zero-order chi connectivity index (χ0) is 17.1. The van der Waals surface area contributed by atoms with Crippen LogP contribution in [0.25, 0.3) is 10.9 Å². The van der Waals surface area contributed by atoms with E-state index in [4.69, 9.17) is 9.47 Å². The number of rotatable bonds is 3. The lowest BCUT2D eigenvalue weighted by atomic mass is 9.96. The average Bonchev–Trinajstić information content (AvgIpc) is 2.66. The van der Waals surface area contributed by atoms with Crippen LogP contribution < -0.4 is 10.6 Å². The lowest BCUT2D eigenvalue weighted by Crippen LogP contribution is -2.67. The summed E-state index contributed by atoms with van der Waals surface area (Å²) in [5, 5.41) is 6.80. The molecule has 1 aromatic carbocycles. The van der Waals surface area contributed by atoms with Crippen LogP contribution in [0.3, 0.4) is 0 Å². The van der Waals surface area contributed by atoms with Crippen LogP contribution in [-0.4, -0.2) is 67.5 Å². The second-order valence-electron chi connectivity index (χ2n) is 6.54. The summed E-state index contributed by atoms with van der Waals surface area (Å²) in [5.74, 6) is 0. The van der Waals surface area contributed by atoms with Gasteiger partial charge in [-0.25, -0.2) is 4.79 Å². The van der Waals surface area contributed by atoms with E-state index >= 15 is 0 Å². The number of benzene rings is 1. The van der Waals surface area contributed by atoms with E-state index in [2.05, 4.69) is 20.5 Å². The lowest BCUT2D eigenvalue weighted by Gasteiger charge is -2.49. The maximum Gasteiger partial charge on any atom is 0.319 e. The van der Waals surface area contributed by atoms with Gasteiger partial charge in [0, 0.05) is 25.0 Å². The first-order valence-corrected chi connectivity index (χ1v) is 8.55. The van der Waals surface area contributed by atoms with E-state index in [0.29, 0.717) is 25.4 Å². The monoisotopic (exact) mass is 342 g/mol.